The molecule has 0 spiro atoms. The van der Waals surface area contributed by atoms with Crippen molar-refractivity contribution in [1.29, 1.82) is 0 Å². The van der Waals surface area contributed by atoms with E-state index in [4.69, 9.17) is 5.11 Å². The number of carbonyl (C=O) groups excluding carboxylic acids is 1. The van der Waals surface area contributed by atoms with Crippen LogP contribution < -0.4 is 5.32 Å². The molecule has 13 heavy (non-hydrogen) atoms. The van der Waals surface area contributed by atoms with Gasteiger partial charge >= 0.3 is 0 Å². The van der Waals surface area contributed by atoms with Gasteiger partial charge in [0.25, 0.3) is 0 Å². The van der Waals surface area contributed by atoms with Crippen LogP contribution >= 0.6 is 0 Å². The average molecular weight is 180 g/mol. The highest BCUT2D eigenvalue weighted by Crippen LogP contribution is 2.12. The molecule has 1 amide bonds. The van der Waals surface area contributed by atoms with Crippen molar-refractivity contribution in [2.75, 3.05) is 5.32 Å². The maximum atomic E-state index is 11.1. The lowest BCUT2D eigenvalue weighted by Crippen LogP contribution is -2.11. The topological polar surface area (TPSA) is 62.2 Å². The number of carbonyl (C=O) groups is 1. The summed E-state index contributed by atoms with van der Waals surface area (Å²) in [6.45, 7) is 1.93. The summed E-state index contributed by atoms with van der Waals surface area (Å²) in [7, 11) is 0. The van der Waals surface area contributed by atoms with E-state index in [0.717, 1.165) is 6.42 Å². The third kappa shape index (κ3) is 3.11. The Morgan fingerprint density at radius 2 is 2.46 bits per heavy atom. The Balaban J connectivity index is 2.58. The van der Waals surface area contributed by atoms with Crippen LogP contribution in [-0.2, 0) is 4.79 Å². The van der Waals surface area contributed by atoms with E-state index in [1.54, 1.807) is 0 Å². The van der Waals surface area contributed by atoms with Crippen molar-refractivity contribution in [3.05, 3.63) is 18.3 Å². The molecule has 0 fully saturated rings. The Morgan fingerprint density at radius 3 is 3.08 bits per heavy atom. The molecular weight excluding hydrogens is 168 g/mol. The fourth-order valence-corrected chi connectivity index (χ4v) is 0.920. The van der Waals surface area contributed by atoms with Crippen LogP contribution in [0.3, 0.4) is 0 Å². The largest absolute Gasteiger partial charge is 0.508 e. The van der Waals surface area contributed by atoms with Crippen molar-refractivity contribution in [2.45, 2.75) is 19.8 Å². The Morgan fingerprint density at radius 1 is 1.69 bits per heavy atom. The zero-order valence-electron chi connectivity index (χ0n) is 7.45. The summed E-state index contributed by atoms with van der Waals surface area (Å²) in [6.07, 6.45) is 2.71. The molecule has 4 heteroatoms. The second-order valence-corrected chi connectivity index (χ2v) is 2.70. The standard InChI is InChI=1S/C9H12N2O2/c1-2-3-9(13)11-8-6-7(12)4-5-10-8/h4-6H,2-3H2,1H3,(H2,10,11,12,13). The van der Waals surface area contributed by atoms with E-state index < -0.39 is 0 Å². The van der Waals surface area contributed by atoms with Gasteiger partial charge in [-0.2, -0.15) is 0 Å². The first kappa shape index (κ1) is 9.51. The normalized spacial score (nSPS) is 9.62. The minimum Gasteiger partial charge on any atom is -0.508 e. The quantitative estimate of drug-likeness (QED) is 0.741. The molecule has 0 bridgehead atoms. The number of rotatable bonds is 3. The van der Waals surface area contributed by atoms with Gasteiger partial charge in [-0.25, -0.2) is 4.98 Å². The lowest BCUT2D eigenvalue weighted by atomic mass is 10.3. The van der Waals surface area contributed by atoms with Gasteiger partial charge in [0.2, 0.25) is 5.91 Å². The van der Waals surface area contributed by atoms with Crippen LogP contribution in [0, 0.1) is 0 Å². The molecule has 0 saturated carbocycles. The minimum atomic E-state index is -0.0828. The van der Waals surface area contributed by atoms with Gasteiger partial charge < -0.3 is 10.4 Å². The zero-order chi connectivity index (χ0) is 9.68. The number of anilines is 1. The van der Waals surface area contributed by atoms with Crippen LogP contribution in [0.5, 0.6) is 5.75 Å². The first-order chi connectivity index (χ1) is 6.22. The van der Waals surface area contributed by atoms with Gasteiger partial charge in [0.15, 0.2) is 0 Å². The lowest BCUT2D eigenvalue weighted by Gasteiger charge is -2.02. The van der Waals surface area contributed by atoms with Crippen molar-refractivity contribution < 1.29 is 9.90 Å². The van der Waals surface area contributed by atoms with E-state index in [1.807, 2.05) is 6.92 Å². The Labute approximate surface area is 76.6 Å². The number of nitrogens with one attached hydrogen (secondary N) is 1. The minimum absolute atomic E-state index is 0.0828. The molecule has 1 aromatic heterocycles. The summed E-state index contributed by atoms with van der Waals surface area (Å²) >= 11 is 0. The fourth-order valence-electron chi connectivity index (χ4n) is 0.920. The molecule has 0 aliphatic rings. The molecule has 70 valence electrons. The number of aromatic hydroxyl groups is 1. The van der Waals surface area contributed by atoms with Crippen LogP contribution in [0.15, 0.2) is 18.3 Å². The number of aromatic nitrogens is 1. The Bertz CT molecular complexity index is 299. The van der Waals surface area contributed by atoms with E-state index in [-0.39, 0.29) is 11.7 Å². The predicted octanol–water partition coefficient (Wildman–Crippen LogP) is 1.53. The van der Waals surface area contributed by atoms with Crippen molar-refractivity contribution >= 4 is 11.7 Å². The molecule has 0 aromatic carbocycles. The molecular formula is C9H12N2O2. The van der Waals surface area contributed by atoms with Crippen LogP contribution in [0.2, 0.25) is 0 Å². The third-order valence-electron chi connectivity index (χ3n) is 1.49. The first-order valence-electron chi connectivity index (χ1n) is 4.17. The second-order valence-electron chi connectivity index (χ2n) is 2.70. The Kier molecular flexibility index (Phi) is 3.25. The highest BCUT2D eigenvalue weighted by Gasteiger charge is 2.01. The molecule has 0 aliphatic carbocycles. The highest BCUT2D eigenvalue weighted by molar-refractivity contribution is 5.89. The Hall–Kier alpha value is -1.58. The van der Waals surface area contributed by atoms with E-state index in [0.29, 0.717) is 12.2 Å². The summed E-state index contributed by atoms with van der Waals surface area (Å²) < 4.78 is 0. The summed E-state index contributed by atoms with van der Waals surface area (Å²) in [5.74, 6) is 0.404. The zero-order valence-corrected chi connectivity index (χ0v) is 7.45. The van der Waals surface area contributed by atoms with E-state index in [9.17, 15) is 4.79 Å². The van der Waals surface area contributed by atoms with Gasteiger partial charge in [0.05, 0.1) is 0 Å². The molecule has 1 aromatic rings. The van der Waals surface area contributed by atoms with Crippen molar-refractivity contribution in [1.82, 2.24) is 4.98 Å². The highest BCUT2D eigenvalue weighted by atomic mass is 16.3. The molecule has 0 saturated heterocycles. The van der Waals surface area contributed by atoms with Crippen molar-refractivity contribution in [3.8, 4) is 5.75 Å². The maximum Gasteiger partial charge on any atom is 0.225 e. The number of amides is 1. The number of hydrogen-bond donors (Lipinski definition) is 2. The van der Waals surface area contributed by atoms with Crippen molar-refractivity contribution in [2.24, 2.45) is 0 Å². The fraction of sp³-hybridized carbons (Fsp3) is 0.333. The van der Waals surface area contributed by atoms with Gasteiger partial charge in [0.1, 0.15) is 11.6 Å². The molecule has 0 aliphatic heterocycles. The number of pyridine rings is 1. The lowest BCUT2D eigenvalue weighted by molar-refractivity contribution is -0.116. The van der Waals surface area contributed by atoms with Crippen molar-refractivity contribution in [3.63, 3.8) is 0 Å². The monoisotopic (exact) mass is 180 g/mol. The van der Waals surface area contributed by atoms with Crippen LogP contribution in [0.4, 0.5) is 5.82 Å². The van der Waals surface area contributed by atoms with E-state index in [2.05, 4.69) is 10.3 Å². The predicted molar refractivity (Wildman–Crippen MR) is 49.4 cm³/mol. The summed E-state index contributed by atoms with van der Waals surface area (Å²) in [6, 6.07) is 2.86. The summed E-state index contributed by atoms with van der Waals surface area (Å²) in [5.41, 5.74) is 0. The smallest absolute Gasteiger partial charge is 0.225 e. The van der Waals surface area contributed by atoms with E-state index >= 15 is 0 Å². The van der Waals surface area contributed by atoms with Gasteiger partial charge in [-0.3, -0.25) is 4.79 Å². The van der Waals surface area contributed by atoms with Crippen LogP contribution in [0.25, 0.3) is 0 Å². The second kappa shape index (κ2) is 4.45. The summed E-state index contributed by atoms with van der Waals surface area (Å²) in [5, 5.41) is 11.6. The summed E-state index contributed by atoms with van der Waals surface area (Å²) in [4.78, 5) is 15.0. The van der Waals surface area contributed by atoms with Crippen LogP contribution in [-0.4, -0.2) is 16.0 Å². The third-order valence-corrected chi connectivity index (χ3v) is 1.49. The number of nitrogens with zero attached hydrogens (tertiary/aromatic N) is 1. The molecule has 4 nitrogen and oxygen atoms in total. The molecule has 1 heterocycles. The van der Waals surface area contributed by atoms with Gasteiger partial charge in [0, 0.05) is 18.7 Å². The van der Waals surface area contributed by atoms with Gasteiger partial charge in [-0.05, 0) is 12.5 Å². The SMILES string of the molecule is CCCC(=O)Nc1cc(O)ccn1. The van der Waals surface area contributed by atoms with Gasteiger partial charge in [-0.1, -0.05) is 6.92 Å². The van der Waals surface area contributed by atoms with Gasteiger partial charge in [-0.15, -0.1) is 0 Å². The van der Waals surface area contributed by atoms with Crippen LogP contribution in [0.1, 0.15) is 19.8 Å². The number of hydrogen-bond acceptors (Lipinski definition) is 3. The maximum absolute atomic E-state index is 11.1. The molecule has 0 radical (unpaired) electrons. The molecule has 0 atom stereocenters. The first-order valence-corrected chi connectivity index (χ1v) is 4.17. The molecule has 0 unspecified atom stereocenters. The molecule has 2 N–H and O–H groups in total. The van der Waals surface area contributed by atoms with E-state index in [1.165, 1.54) is 18.3 Å². The average Bonchev–Trinajstić information content (AvgIpc) is 2.04. The molecule has 1 rings (SSSR count).